The number of hydrogen-bond acceptors (Lipinski definition) is 4. The highest BCUT2D eigenvalue weighted by molar-refractivity contribution is 7.89. The fourth-order valence-electron chi connectivity index (χ4n) is 3.13. The number of rotatable bonds is 8. The van der Waals surface area contributed by atoms with Crippen LogP contribution in [0.5, 0.6) is 0 Å². The van der Waals surface area contributed by atoms with E-state index in [2.05, 4.69) is 5.32 Å². The molecule has 0 heterocycles. The van der Waals surface area contributed by atoms with E-state index in [1.54, 1.807) is 55.5 Å². The van der Waals surface area contributed by atoms with Gasteiger partial charge in [-0.2, -0.15) is 4.31 Å². The Labute approximate surface area is 192 Å². The fourth-order valence-corrected chi connectivity index (χ4v) is 4.71. The minimum absolute atomic E-state index is 0.111. The molecule has 0 bridgehead atoms. The van der Waals surface area contributed by atoms with Gasteiger partial charge < -0.3 is 5.32 Å². The summed E-state index contributed by atoms with van der Waals surface area (Å²) in [7, 11) is -3.85. The zero-order chi connectivity index (χ0) is 23.3. The maximum absolute atomic E-state index is 12.9. The summed E-state index contributed by atoms with van der Waals surface area (Å²) < 4.78 is 27.0. The topological polar surface area (TPSA) is 83.6 Å². The molecule has 0 aromatic heterocycles. The van der Waals surface area contributed by atoms with Crippen molar-refractivity contribution in [1.29, 1.82) is 0 Å². The van der Waals surface area contributed by atoms with E-state index in [0.29, 0.717) is 10.6 Å². The number of carbonyl (C=O) groups is 2. The quantitative estimate of drug-likeness (QED) is 0.490. The van der Waals surface area contributed by atoms with Crippen LogP contribution in [0, 0.1) is 6.92 Å². The van der Waals surface area contributed by atoms with Crippen molar-refractivity contribution in [2.75, 3.05) is 18.4 Å². The molecule has 1 N–H and O–H groups in total. The number of sulfonamides is 1. The first-order valence-corrected chi connectivity index (χ1v) is 11.8. The summed E-state index contributed by atoms with van der Waals surface area (Å²) in [6.07, 6.45) is 0. The van der Waals surface area contributed by atoms with Gasteiger partial charge >= 0.3 is 0 Å². The lowest BCUT2D eigenvalue weighted by Crippen LogP contribution is -2.38. The van der Waals surface area contributed by atoms with Crippen molar-refractivity contribution < 1.29 is 18.0 Å². The zero-order valence-electron chi connectivity index (χ0n) is 17.7. The minimum atomic E-state index is -3.85. The largest absolute Gasteiger partial charge is 0.324 e. The molecule has 0 aliphatic heterocycles. The molecule has 166 valence electrons. The van der Waals surface area contributed by atoms with E-state index in [0.717, 1.165) is 9.87 Å². The molecular formula is C24H23ClN2O4S. The lowest BCUT2D eigenvalue weighted by Gasteiger charge is -2.20. The van der Waals surface area contributed by atoms with Crippen LogP contribution in [-0.2, 0) is 14.8 Å². The predicted octanol–water partition coefficient (Wildman–Crippen LogP) is 4.53. The summed E-state index contributed by atoms with van der Waals surface area (Å²) in [4.78, 5) is 25.8. The third kappa shape index (κ3) is 5.43. The molecule has 3 rings (SSSR count). The first-order chi connectivity index (χ1) is 15.2. The van der Waals surface area contributed by atoms with E-state index in [-0.39, 0.29) is 28.5 Å². The first-order valence-electron chi connectivity index (χ1n) is 9.98. The predicted molar refractivity (Wildman–Crippen MR) is 126 cm³/mol. The molecule has 3 aromatic carbocycles. The molecule has 0 atom stereocenters. The highest BCUT2D eigenvalue weighted by Gasteiger charge is 2.26. The summed E-state index contributed by atoms with van der Waals surface area (Å²) in [5.41, 5.74) is 1.86. The van der Waals surface area contributed by atoms with Crippen LogP contribution in [0.2, 0.25) is 5.02 Å². The summed E-state index contributed by atoms with van der Waals surface area (Å²) >= 11 is 6.08. The molecule has 3 aromatic rings. The van der Waals surface area contributed by atoms with E-state index < -0.39 is 22.5 Å². The van der Waals surface area contributed by atoms with Gasteiger partial charge in [0, 0.05) is 22.7 Å². The Hall–Kier alpha value is -3.00. The molecular weight excluding hydrogens is 448 g/mol. The molecule has 0 radical (unpaired) electrons. The van der Waals surface area contributed by atoms with Crippen LogP contribution >= 0.6 is 11.6 Å². The number of anilines is 1. The van der Waals surface area contributed by atoms with Crippen LogP contribution in [-0.4, -0.2) is 37.5 Å². The van der Waals surface area contributed by atoms with Gasteiger partial charge in [-0.3, -0.25) is 9.59 Å². The average Bonchev–Trinajstić information content (AvgIpc) is 2.79. The molecule has 1 amide bonds. The van der Waals surface area contributed by atoms with Gasteiger partial charge in [-0.15, -0.1) is 0 Å². The number of carbonyl (C=O) groups excluding carboxylic acids is 2. The summed E-state index contributed by atoms with van der Waals surface area (Å²) in [5, 5.41) is 3.01. The van der Waals surface area contributed by atoms with Crippen molar-refractivity contribution in [2.45, 2.75) is 18.7 Å². The Morgan fingerprint density at radius 2 is 1.62 bits per heavy atom. The van der Waals surface area contributed by atoms with Crippen molar-refractivity contribution in [3.63, 3.8) is 0 Å². The van der Waals surface area contributed by atoms with Crippen LogP contribution in [0.25, 0.3) is 0 Å². The molecule has 6 nitrogen and oxygen atoms in total. The average molecular weight is 471 g/mol. The first kappa shape index (κ1) is 23.7. The molecule has 0 saturated carbocycles. The third-order valence-electron chi connectivity index (χ3n) is 4.87. The standard InChI is InChI=1S/C24H23ClN2O4S/c1-3-27(32(30,31)20-12-9-17(2)10-13-20)16-23(28)26-22-14-11-19(25)15-21(22)24(29)18-7-5-4-6-8-18/h4-15H,3,16H2,1-2H3,(H,26,28). The second-order valence-corrected chi connectivity index (χ2v) is 9.55. The Bertz CT molecular complexity index is 1230. The lowest BCUT2D eigenvalue weighted by molar-refractivity contribution is -0.116. The number of amides is 1. The maximum atomic E-state index is 12.9. The van der Waals surface area contributed by atoms with E-state index >= 15 is 0 Å². The highest BCUT2D eigenvalue weighted by atomic mass is 35.5. The molecule has 8 heteroatoms. The normalized spacial score (nSPS) is 11.4. The van der Waals surface area contributed by atoms with E-state index in [1.165, 1.54) is 24.3 Å². The second-order valence-electron chi connectivity index (χ2n) is 7.18. The van der Waals surface area contributed by atoms with Crippen molar-refractivity contribution >= 4 is 39.0 Å². The number of aryl methyl sites for hydroxylation is 1. The summed E-state index contributed by atoms with van der Waals surface area (Å²) in [5.74, 6) is -0.866. The van der Waals surface area contributed by atoms with Crippen LogP contribution in [0.3, 0.4) is 0 Å². The summed E-state index contributed by atoms with van der Waals surface area (Å²) in [6, 6.07) is 19.6. The molecule has 0 saturated heterocycles. The number of likely N-dealkylation sites (N-methyl/N-ethyl adjacent to an activating group) is 1. The number of nitrogens with zero attached hydrogens (tertiary/aromatic N) is 1. The Balaban J connectivity index is 1.82. The fraction of sp³-hybridized carbons (Fsp3) is 0.167. The Morgan fingerprint density at radius 1 is 0.969 bits per heavy atom. The van der Waals surface area contributed by atoms with Crippen LogP contribution in [0.15, 0.2) is 77.7 Å². The minimum Gasteiger partial charge on any atom is -0.324 e. The van der Waals surface area contributed by atoms with Gasteiger partial charge in [0.05, 0.1) is 17.1 Å². The van der Waals surface area contributed by atoms with Gasteiger partial charge in [0.25, 0.3) is 0 Å². The van der Waals surface area contributed by atoms with E-state index in [1.807, 2.05) is 6.92 Å². The van der Waals surface area contributed by atoms with Gasteiger partial charge in [-0.1, -0.05) is 66.6 Å². The maximum Gasteiger partial charge on any atom is 0.243 e. The van der Waals surface area contributed by atoms with Crippen molar-refractivity contribution in [3.8, 4) is 0 Å². The van der Waals surface area contributed by atoms with Crippen LogP contribution in [0.4, 0.5) is 5.69 Å². The van der Waals surface area contributed by atoms with Gasteiger partial charge in [-0.05, 0) is 37.3 Å². The molecule has 0 unspecified atom stereocenters. The molecule has 0 fully saturated rings. The van der Waals surface area contributed by atoms with Crippen molar-refractivity contribution in [1.82, 2.24) is 4.31 Å². The van der Waals surface area contributed by atoms with Gasteiger partial charge in [-0.25, -0.2) is 8.42 Å². The second kappa shape index (κ2) is 10.1. The number of halogens is 1. The van der Waals surface area contributed by atoms with Gasteiger partial charge in [0.1, 0.15) is 0 Å². The Morgan fingerprint density at radius 3 is 2.25 bits per heavy atom. The molecule has 0 aliphatic rings. The SMILES string of the molecule is CCN(CC(=O)Nc1ccc(Cl)cc1C(=O)c1ccccc1)S(=O)(=O)c1ccc(C)cc1. The Kier molecular flexibility index (Phi) is 7.45. The smallest absolute Gasteiger partial charge is 0.243 e. The monoisotopic (exact) mass is 470 g/mol. The lowest BCUT2D eigenvalue weighted by atomic mass is 10.0. The van der Waals surface area contributed by atoms with Gasteiger partial charge in [0.2, 0.25) is 15.9 Å². The highest BCUT2D eigenvalue weighted by Crippen LogP contribution is 2.24. The zero-order valence-corrected chi connectivity index (χ0v) is 19.3. The number of nitrogens with one attached hydrogen (secondary N) is 1. The molecule has 0 aliphatic carbocycles. The van der Waals surface area contributed by atoms with Crippen molar-refractivity contribution in [3.05, 3.63) is 94.5 Å². The van der Waals surface area contributed by atoms with Crippen LogP contribution in [0.1, 0.15) is 28.4 Å². The number of ketones is 1. The van der Waals surface area contributed by atoms with Gasteiger partial charge in [0.15, 0.2) is 5.78 Å². The molecule has 0 spiro atoms. The van der Waals surface area contributed by atoms with E-state index in [4.69, 9.17) is 11.6 Å². The molecule has 32 heavy (non-hydrogen) atoms. The van der Waals surface area contributed by atoms with E-state index in [9.17, 15) is 18.0 Å². The summed E-state index contributed by atoms with van der Waals surface area (Å²) in [6.45, 7) is 3.24. The van der Waals surface area contributed by atoms with Crippen LogP contribution < -0.4 is 5.32 Å². The third-order valence-corrected chi connectivity index (χ3v) is 7.04. The van der Waals surface area contributed by atoms with Crippen molar-refractivity contribution in [2.24, 2.45) is 0 Å². The number of hydrogen-bond donors (Lipinski definition) is 1. The number of benzene rings is 3.